The molecule has 1 saturated carbocycles. The fourth-order valence-electron chi connectivity index (χ4n) is 2.02. The molecule has 1 aromatic rings. The monoisotopic (exact) mass is 282 g/mol. The van der Waals surface area contributed by atoms with Crippen molar-refractivity contribution in [2.24, 2.45) is 5.92 Å². The van der Waals surface area contributed by atoms with Gasteiger partial charge in [-0.05, 0) is 49.4 Å². The highest BCUT2D eigenvalue weighted by molar-refractivity contribution is 7.89. The molecular formula is C14H22N2O2S. The van der Waals surface area contributed by atoms with E-state index in [0.717, 1.165) is 19.3 Å². The highest BCUT2D eigenvalue weighted by atomic mass is 32.2. The summed E-state index contributed by atoms with van der Waals surface area (Å²) in [6.45, 7) is 4.83. The lowest BCUT2D eigenvalue weighted by Gasteiger charge is -2.22. The van der Waals surface area contributed by atoms with E-state index in [1.807, 2.05) is 0 Å². The van der Waals surface area contributed by atoms with E-state index in [9.17, 15) is 8.42 Å². The Balaban J connectivity index is 2.21. The largest absolute Gasteiger partial charge is 0.399 e. The van der Waals surface area contributed by atoms with Gasteiger partial charge in [0.25, 0.3) is 0 Å². The maximum absolute atomic E-state index is 12.6. The zero-order valence-corrected chi connectivity index (χ0v) is 12.4. The summed E-state index contributed by atoms with van der Waals surface area (Å²) >= 11 is 0. The number of sulfonamides is 1. The van der Waals surface area contributed by atoms with Gasteiger partial charge in [0.1, 0.15) is 0 Å². The number of hydrogen-bond donors (Lipinski definition) is 1. The van der Waals surface area contributed by atoms with Gasteiger partial charge >= 0.3 is 0 Å². The smallest absolute Gasteiger partial charge is 0.243 e. The van der Waals surface area contributed by atoms with E-state index in [4.69, 9.17) is 5.73 Å². The fraction of sp³-hybridized carbons (Fsp3) is 0.571. The molecule has 0 saturated heterocycles. The summed E-state index contributed by atoms with van der Waals surface area (Å²) in [5, 5.41) is 0. The molecule has 0 atom stereocenters. The Hall–Kier alpha value is -1.07. The fourth-order valence-corrected chi connectivity index (χ4v) is 3.72. The summed E-state index contributed by atoms with van der Waals surface area (Å²) < 4.78 is 26.9. The Morgan fingerprint density at radius 1 is 1.26 bits per heavy atom. The molecule has 1 aromatic carbocycles. The normalized spacial score (nSPS) is 16.2. The highest BCUT2D eigenvalue weighted by Gasteiger charge is 2.37. The molecule has 1 aliphatic carbocycles. The van der Waals surface area contributed by atoms with Gasteiger partial charge in [-0.2, -0.15) is 4.31 Å². The van der Waals surface area contributed by atoms with Gasteiger partial charge in [-0.1, -0.05) is 13.8 Å². The number of benzene rings is 1. The predicted molar refractivity (Wildman–Crippen MR) is 77.2 cm³/mol. The Morgan fingerprint density at radius 2 is 1.84 bits per heavy atom. The molecule has 5 heteroatoms. The van der Waals surface area contributed by atoms with Gasteiger partial charge in [-0.25, -0.2) is 8.42 Å². The van der Waals surface area contributed by atoms with Crippen molar-refractivity contribution in [3.63, 3.8) is 0 Å². The molecule has 0 heterocycles. The van der Waals surface area contributed by atoms with Crippen molar-refractivity contribution in [1.29, 1.82) is 0 Å². The van der Waals surface area contributed by atoms with Crippen molar-refractivity contribution in [2.45, 2.75) is 44.0 Å². The number of nitrogens with zero attached hydrogens (tertiary/aromatic N) is 1. The Morgan fingerprint density at radius 3 is 2.32 bits per heavy atom. The lowest BCUT2D eigenvalue weighted by molar-refractivity contribution is 0.373. The Bertz CT molecular complexity index is 519. The number of hydrogen-bond acceptors (Lipinski definition) is 3. The standard InChI is InChI=1S/C14H22N2O2S/c1-11(2)9-10-16(13-5-6-13)19(17,18)14-7-3-12(15)4-8-14/h3-4,7-8,11,13H,5-6,9-10,15H2,1-2H3. The minimum absolute atomic E-state index is 0.196. The van der Waals surface area contributed by atoms with Gasteiger partial charge in [-0.3, -0.25) is 0 Å². The molecule has 2 N–H and O–H groups in total. The maximum atomic E-state index is 12.6. The molecule has 4 nitrogen and oxygen atoms in total. The third-order valence-electron chi connectivity index (χ3n) is 3.37. The molecule has 0 bridgehead atoms. The van der Waals surface area contributed by atoms with Crippen LogP contribution in [-0.2, 0) is 10.0 Å². The van der Waals surface area contributed by atoms with Crippen LogP contribution in [0.4, 0.5) is 5.69 Å². The van der Waals surface area contributed by atoms with Gasteiger partial charge in [0.05, 0.1) is 4.90 Å². The Labute approximate surface area is 115 Å². The molecule has 1 aliphatic rings. The van der Waals surface area contributed by atoms with Crippen LogP contribution in [0.1, 0.15) is 33.1 Å². The van der Waals surface area contributed by atoms with E-state index in [2.05, 4.69) is 13.8 Å². The van der Waals surface area contributed by atoms with Crippen LogP contribution in [-0.4, -0.2) is 25.3 Å². The summed E-state index contributed by atoms with van der Waals surface area (Å²) in [6.07, 6.45) is 2.85. The number of anilines is 1. The highest BCUT2D eigenvalue weighted by Crippen LogP contribution is 2.32. The minimum atomic E-state index is -3.37. The second kappa shape index (κ2) is 5.51. The first-order valence-corrected chi connectivity index (χ1v) is 8.22. The molecular weight excluding hydrogens is 260 g/mol. The second-order valence-corrected chi connectivity index (χ2v) is 7.49. The quantitative estimate of drug-likeness (QED) is 0.815. The van der Waals surface area contributed by atoms with Crippen molar-refractivity contribution < 1.29 is 8.42 Å². The molecule has 0 spiro atoms. The topological polar surface area (TPSA) is 63.4 Å². The van der Waals surface area contributed by atoms with Gasteiger partial charge in [0, 0.05) is 18.3 Å². The predicted octanol–water partition coefficient (Wildman–Crippen LogP) is 2.47. The molecule has 0 unspecified atom stereocenters. The molecule has 0 aliphatic heterocycles. The third kappa shape index (κ3) is 3.48. The van der Waals surface area contributed by atoms with Crippen LogP contribution < -0.4 is 5.73 Å². The summed E-state index contributed by atoms with van der Waals surface area (Å²) in [5.41, 5.74) is 6.19. The minimum Gasteiger partial charge on any atom is -0.399 e. The second-order valence-electron chi connectivity index (χ2n) is 5.60. The zero-order valence-electron chi connectivity index (χ0n) is 11.5. The van der Waals surface area contributed by atoms with Crippen molar-refractivity contribution in [3.8, 4) is 0 Å². The first kappa shape index (κ1) is 14.3. The van der Waals surface area contributed by atoms with Crippen LogP contribution in [0.5, 0.6) is 0 Å². The van der Waals surface area contributed by atoms with E-state index >= 15 is 0 Å². The van der Waals surface area contributed by atoms with Crippen LogP contribution in [0.2, 0.25) is 0 Å². The van der Waals surface area contributed by atoms with Crippen LogP contribution in [0.3, 0.4) is 0 Å². The van der Waals surface area contributed by atoms with Crippen molar-refractivity contribution in [3.05, 3.63) is 24.3 Å². The average Bonchev–Trinajstić information content (AvgIpc) is 3.13. The Kier molecular flexibility index (Phi) is 4.16. The average molecular weight is 282 g/mol. The third-order valence-corrected chi connectivity index (χ3v) is 5.33. The van der Waals surface area contributed by atoms with Gasteiger partial charge in [0.2, 0.25) is 10.0 Å². The number of nitrogen functional groups attached to an aromatic ring is 1. The molecule has 0 radical (unpaired) electrons. The summed E-state index contributed by atoms with van der Waals surface area (Å²) in [7, 11) is -3.37. The van der Waals surface area contributed by atoms with Gasteiger partial charge < -0.3 is 5.73 Å². The van der Waals surface area contributed by atoms with Crippen molar-refractivity contribution in [1.82, 2.24) is 4.31 Å². The number of rotatable bonds is 6. The van der Waals surface area contributed by atoms with Gasteiger partial charge in [0.15, 0.2) is 0 Å². The van der Waals surface area contributed by atoms with Crippen LogP contribution in [0.15, 0.2) is 29.2 Å². The maximum Gasteiger partial charge on any atom is 0.243 e. The van der Waals surface area contributed by atoms with E-state index in [1.54, 1.807) is 28.6 Å². The molecule has 0 amide bonds. The van der Waals surface area contributed by atoms with Crippen molar-refractivity contribution in [2.75, 3.05) is 12.3 Å². The molecule has 2 rings (SSSR count). The van der Waals surface area contributed by atoms with Crippen molar-refractivity contribution >= 4 is 15.7 Å². The SMILES string of the molecule is CC(C)CCN(C1CC1)S(=O)(=O)c1ccc(N)cc1. The molecule has 1 fully saturated rings. The zero-order chi connectivity index (χ0) is 14.0. The molecule has 0 aromatic heterocycles. The number of nitrogens with two attached hydrogens (primary N) is 1. The van der Waals surface area contributed by atoms with Crippen LogP contribution in [0, 0.1) is 5.92 Å². The summed E-state index contributed by atoms with van der Waals surface area (Å²) in [4.78, 5) is 0.345. The van der Waals surface area contributed by atoms with E-state index in [-0.39, 0.29) is 6.04 Å². The molecule has 106 valence electrons. The first-order valence-electron chi connectivity index (χ1n) is 6.78. The molecule has 19 heavy (non-hydrogen) atoms. The summed E-state index contributed by atoms with van der Waals surface area (Å²) in [6, 6.07) is 6.66. The van der Waals surface area contributed by atoms with Gasteiger partial charge in [-0.15, -0.1) is 0 Å². The lowest BCUT2D eigenvalue weighted by atomic mass is 10.1. The lowest BCUT2D eigenvalue weighted by Crippen LogP contribution is -2.34. The van der Waals surface area contributed by atoms with E-state index in [1.165, 1.54) is 0 Å². The van der Waals surface area contributed by atoms with Crippen LogP contribution >= 0.6 is 0 Å². The first-order chi connectivity index (χ1) is 8.91. The van der Waals surface area contributed by atoms with E-state index < -0.39 is 10.0 Å². The summed E-state index contributed by atoms with van der Waals surface area (Å²) in [5.74, 6) is 0.503. The van der Waals surface area contributed by atoms with Crippen LogP contribution in [0.25, 0.3) is 0 Å². The van der Waals surface area contributed by atoms with E-state index in [0.29, 0.717) is 23.0 Å².